The van der Waals surface area contributed by atoms with Gasteiger partial charge in [0.15, 0.2) is 0 Å². The predicted octanol–water partition coefficient (Wildman–Crippen LogP) is 1.97. The van der Waals surface area contributed by atoms with Gasteiger partial charge in [0.2, 0.25) is 0 Å². The van der Waals surface area contributed by atoms with Gasteiger partial charge in [-0.25, -0.2) is 4.98 Å². The number of imidazole rings is 1. The summed E-state index contributed by atoms with van der Waals surface area (Å²) < 4.78 is 1.97. The van der Waals surface area contributed by atoms with E-state index in [1.54, 1.807) is 24.5 Å². The van der Waals surface area contributed by atoms with Crippen LogP contribution in [0.3, 0.4) is 0 Å². The zero-order valence-corrected chi connectivity index (χ0v) is 7.81. The Hall–Kier alpha value is -1.29. The van der Waals surface area contributed by atoms with Crippen molar-refractivity contribution in [2.75, 3.05) is 0 Å². The molecule has 0 radical (unpaired) electrons. The number of pyridine rings is 1. The third kappa shape index (κ3) is 2.32. The van der Waals surface area contributed by atoms with Crippen LogP contribution in [0.5, 0.6) is 0 Å². The highest BCUT2D eigenvalue weighted by Gasteiger charge is 1.94. The zero-order chi connectivity index (χ0) is 8.93. The molecule has 2 aromatic rings. The molecule has 0 saturated carbocycles. The highest BCUT2D eigenvalue weighted by molar-refractivity contribution is 7.97. The fraction of sp³-hybridized carbons (Fsp3) is 0.111. The van der Waals surface area contributed by atoms with Gasteiger partial charge in [0.05, 0.1) is 11.4 Å². The maximum Gasteiger partial charge on any atom is 0.105 e. The molecular formula is C9H9N3S. The van der Waals surface area contributed by atoms with E-state index in [2.05, 4.69) is 9.97 Å². The molecule has 3 nitrogen and oxygen atoms in total. The Bertz CT molecular complexity index is 344. The molecule has 0 saturated heterocycles. The molecule has 0 unspecified atom stereocenters. The predicted molar refractivity (Wildman–Crippen MR) is 53.2 cm³/mol. The number of hydrogen-bond donors (Lipinski definition) is 0. The molecule has 0 aliphatic carbocycles. The molecule has 0 bridgehead atoms. The highest BCUT2D eigenvalue weighted by Crippen LogP contribution is 2.11. The molecule has 13 heavy (non-hydrogen) atoms. The summed E-state index contributed by atoms with van der Waals surface area (Å²) in [5.74, 6) is 0.872. The van der Waals surface area contributed by atoms with Crippen LogP contribution in [0, 0.1) is 0 Å². The molecule has 2 rings (SSSR count). The lowest BCUT2D eigenvalue weighted by atomic mass is 10.4. The van der Waals surface area contributed by atoms with Crippen molar-refractivity contribution >= 4 is 11.9 Å². The monoisotopic (exact) mass is 191 g/mol. The number of rotatable bonds is 3. The molecule has 0 atom stereocenters. The molecule has 0 spiro atoms. The van der Waals surface area contributed by atoms with Crippen LogP contribution in [0.2, 0.25) is 0 Å². The van der Waals surface area contributed by atoms with E-state index in [0.29, 0.717) is 0 Å². The van der Waals surface area contributed by atoms with E-state index in [1.165, 1.54) is 0 Å². The topological polar surface area (TPSA) is 30.7 Å². The summed E-state index contributed by atoms with van der Waals surface area (Å²) in [7, 11) is 0. The summed E-state index contributed by atoms with van der Waals surface area (Å²) in [6, 6.07) is 5.94. The standard InChI is InChI=1S/C9H9N3S/c1-2-4-11-9(3-1)7-13-12-6-5-10-8-12/h1-6,8H,7H2. The second kappa shape index (κ2) is 4.09. The minimum atomic E-state index is 0.872. The van der Waals surface area contributed by atoms with Gasteiger partial charge in [0, 0.05) is 18.6 Å². The lowest BCUT2D eigenvalue weighted by molar-refractivity contribution is 1.15. The molecule has 0 aliphatic heterocycles. The Balaban J connectivity index is 1.94. The molecule has 2 aromatic heterocycles. The first-order chi connectivity index (χ1) is 6.45. The van der Waals surface area contributed by atoms with E-state index < -0.39 is 0 Å². The second-order valence-electron chi connectivity index (χ2n) is 2.52. The van der Waals surface area contributed by atoms with Crippen LogP contribution in [-0.4, -0.2) is 13.9 Å². The first-order valence-corrected chi connectivity index (χ1v) is 4.90. The summed E-state index contributed by atoms with van der Waals surface area (Å²) in [5.41, 5.74) is 1.08. The fourth-order valence-corrected chi connectivity index (χ4v) is 1.66. The van der Waals surface area contributed by atoms with Crippen LogP contribution < -0.4 is 0 Å². The molecule has 0 fully saturated rings. The molecule has 66 valence electrons. The van der Waals surface area contributed by atoms with Crippen LogP contribution in [0.1, 0.15) is 5.69 Å². The molecule has 0 amide bonds. The average molecular weight is 191 g/mol. The van der Waals surface area contributed by atoms with Gasteiger partial charge in [-0.05, 0) is 24.1 Å². The number of aromatic nitrogens is 3. The van der Waals surface area contributed by atoms with Crippen molar-refractivity contribution in [2.24, 2.45) is 0 Å². The minimum Gasteiger partial charge on any atom is -0.280 e. The molecule has 0 aromatic carbocycles. The van der Waals surface area contributed by atoms with Crippen molar-refractivity contribution in [3.05, 3.63) is 48.8 Å². The van der Waals surface area contributed by atoms with E-state index in [-0.39, 0.29) is 0 Å². The largest absolute Gasteiger partial charge is 0.280 e. The highest BCUT2D eigenvalue weighted by atomic mass is 32.2. The number of nitrogens with zero attached hydrogens (tertiary/aromatic N) is 3. The first kappa shape index (κ1) is 8.31. The quantitative estimate of drug-likeness (QED) is 0.743. The molecule has 0 N–H and O–H groups in total. The molecule has 0 aliphatic rings. The van der Waals surface area contributed by atoms with Gasteiger partial charge >= 0.3 is 0 Å². The van der Waals surface area contributed by atoms with E-state index >= 15 is 0 Å². The maximum absolute atomic E-state index is 4.22. The van der Waals surface area contributed by atoms with Gasteiger partial charge in [-0.15, -0.1) is 0 Å². The van der Waals surface area contributed by atoms with Gasteiger partial charge in [-0.3, -0.25) is 8.96 Å². The van der Waals surface area contributed by atoms with Gasteiger partial charge < -0.3 is 0 Å². The summed E-state index contributed by atoms with van der Waals surface area (Å²) in [6.45, 7) is 0. The van der Waals surface area contributed by atoms with Crippen molar-refractivity contribution in [1.29, 1.82) is 0 Å². The molecule has 4 heteroatoms. The first-order valence-electron chi connectivity index (χ1n) is 3.96. The summed E-state index contributed by atoms with van der Waals surface area (Å²) in [5, 5.41) is 0. The fourth-order valence-electron chi connectivity index (χ4n) is 0.947. The Morgan fingerprint density at radius 2 is 2.31 bits per heavy atom. The van der Waals surface area contributed by atoms with E-state index in [1.807, 2.05) is 34.6 Å². The third-order valence-corrected chi connectivity index (χ3v) is 2.51. The smallest absolute Gasteiger partial charge is 0.105 e. The third-order valence-electron chi connectivity index (χ3n) is 1.57. The second-order valence-corrected chi connectivity index (χ2v) is 3.49. The normalized spacial score (nSPS) is 10.2. The van der Waals surface area contributed by atoms with Crippen LogP contribution >= 0.6 is 11.9 Å². The number of hydrogen-bond acceptors (Lipinski definition) is 3. The van der Waals surface area contributed by atoms with Crippen molar-refractivity contribution in [1.82, 2.24) is 13.9 Å². The Labute approximate surface area is 81.0 Å². The van der Waals surface area contributed by atoms with Gasteiger partial charge in [-0.2, -0.15) is 0 Å². The lowest BCUT2D eigenvalue weighted by Crippen LogP contribution is -1.88. The summed E-state index contributed by atoms with van der Waals surface area (Å²) in [4.78, 5) is 8.18. The minimum absolute atomic E-state index is 0.872. The Kier molecular flexibility index (Phi) is 2.62. The van der Waals surface area contributed by atoms with Crippen LogP contribution in [0.4, 0.5) is 0 Å². The van der Waals surface area contributed by atoms with Crippen molar-refractivity contribution in [3.8, 4) is 0 Å². The summed E-state index contributed by atoms with van der Waals surface area (Å²) >= 11 is 1.67. The van der Waals surface area contributed by atoms with Crippen molar-refractivity contribution < 1.29 is 0 Å². The van der Waals surface area contributed by atoms with Crippen molar-refractivity contribution in [2.45, 2.75) is 5.75 Å². The Morgan fingerprint density at radius 1 is 1.31 bits per heavy atom. The Morgan fingerprint density at radius 3 is 3.00 bits per heavy atom. The van der Waals surface area contributed by atoms with Crippen LogP contribution in [0.25, 0.3) is 0 Å². The van der Waals surface area contributed by atoms with Crippen LogP contribution in [0.15, 0.2) is 43.1 Å². The maximum atomic E-state index is 4.22. The van der Waals surface area contributed by atoms with Gasteiger partial charge in [-0.1, -0.05) is 6.07 Å². The average Bonchev–Trinajstić information content (AvgIpc) is 2.69. The van der Waals surface area contributed by atoms with Crippen molar-refractivity contribution in [3.63, 3.8) is 0 Å². The van der Waals surface area contributed by atoms with E-state index in [9.17, 15) is 0 Å². The molecule has 2 heterocycles. The summed E-state index contributed by atoms with van der Waals surface area (Å²) in [6.07, 6.45) is 7.29. The molecular weight excluding hydrogens is 182 g/mol. The van der Waals surface area contributed by atoms with Gasteiger partial charge in [0.25, 0.3) is 0 Å². The van der Waals surface area contributed by atoms with Crippen LogP contribution in [-0.2, 0) is 5.75 Å². The zero-order valence-electron chi connectivity index (χ0n) is 7.00. The van der Waals surface area contributed by atoms with Gasteiger partial charge in [0.1, 0.15) is 6.33 Å². The van der Waals surface area contributed by atoms with E-state index in [0.717, 1.165) is 11.4 Å². The lowest BCUT2D eigenvalue weighted by Gasteiger charge is -1.99. The van der Waals surface area contributed by atoms with E-state index in [4.69, 9.17) is 0 Å². The SMILES string of the molecule is c1ccc(CSn2ccnc2)nc1.